The Labute approximate surface area is 155 Å². The molecule has 2 aromatic carbocycles. The van der Waals surface area contributed by atoms with E-state index in [9.17, 15) is 4.79 Å². The maximum atomic E-state index is 12.3. The summed E-state index contributed by atoms with van der Waals surface area (Å²) < 4.78 is 1.77. The fraction of sp³-hybridized carbons (Fsp3) is 0.263. The molecule has 6 nitrogen and oxygen atoms in total. The molecule has 0 spiro atoms. The van der Waals surface area contributed by atoms with E-state index in [0.717, 1.165) is 11.5 Å². The average molecular weight is 365 g/mol. The summed E-state index contributed by atoms with van der Waals surface area (Å²) >= 11 is 1.40. The largest absolute Gasteiger partial charge is 0.348 e. The number of rotatable bonds is 3. The molecule has 1 aromatic heterocycles. The molecule has 1 atom stereocenters. The monoisotopic (exact) mass is 365 g/mol. The van der Waals surface area contributed by atoms with E-state index < -0.39 is 0 Å². The normalized spacial score (nSPS) is 16.3. The first-order valence-corrected chi connectivity index (χ1v) is 9.27. The third kappa shape index (κ3) is 2.88. The van der Waals surface area contributed by atoms with Crippen LogP contribution in [-0.2, 0) is 11.2 Å². The molecule has 0 aliphatic carbocycles. The van der Waals surface area contributed by atoms with Gasteiger partial charge in [0.1, 0.15) is 5.25 Å². The summed E-state index contributed by atoms with van der Waals surface area (Å²) in [6, 6.07) is 14.6. The van der Waals surface area contributed by atoms with Crippen LogP contribution in [0.1, 0.15) is 18.3 Å². The van der Waals surface area contributed by atoms with E-state index in [4.69, 9.17) is 0 Å². The van der Waals surface area contributed by atoms with Gasteiger partial charge in [0.25, 0.3) is 0 Å². The molecule has 1 aliphatic heterocycles. The molecule has 0 unspecified atom stereocenters. The number of carbonyl (C=O) groups is 1. The predicted octanol–water partition coefficient (Wildman–Crippen LogP) is 2.81. The van der Waals surface area contributed by atoms with Crippen LogP contribution in [0, 0.1) is 0 Å². The number of nitrogens with zero attached hydrogens (tertiary/aromatic N) is 5. The van der Waals surface area contributed by atoms with E-state index in [1.807, 2.05) is 19.1 Å². The minimum atomic E-state index is -0.341. The molecule has 132 valence electrons. The van der Waals surface area contributed by atoms with Crippen molar-refractivity contribution in [2.75, 3.05) is 14.1 Å². The molecule has 0 bridgehead atoms. The van der Waals surface area contributed by atoms with Gasteiger partial charge in [-0.3, -0.25) is 4.79 Å². The number of benzene rings is 2. The predicted molar refractivity (Wildman–Crippen MR) is 104 cm³/mol. The Morgan fingerprint density at radius 3 is 2.73 bits per heavy atom. The number of aromatic nitrogens is 3. The van der Waals surface area contributed by atoms with Crippen LogP contribution < -0.4 is 0 Å². The summed E-state index contributed by atoms with van der Waals surface area (Å²) in [5.74, 6) is 0.792. The zero-order valence-corrected chi connectivity index (χ0v) is 15.7. The van der Waals surface area contributed by atoms with Gasteiger partial charge in [-0.05, 0) is 23.3 Å². The van der Waals surface area contributed by atoms with Gasteiger partial charge in [-0.15, -0.1) is 10.2 Å². The Kier molecular flexibility index (Phi) is 4.24. The lowest BCUT2D eigenvalue weighted by molar-refractivity contribution is -0.126. The number of hydrogen-bond acceptors (Lipinski definition) is 5. The van der Waals surface area contributed by atoms with Gasteiger partial charge in [0.15, 0.2) is 5.82 Å². The molecule has 3 aromatic rings. The molecular weight excluding hydrogens is 346 g/mol. The second-order valence-corrected chi connectivity index (χ2v) is 7.57. The third-order valence-corrected chi connectivity index (χ3v) is 5.67. The Hall–Kier alpha value is -2.67. The summed E-state index contributed by atoms with van der Waals surface area (Å²) in [6.07, 6.45) is 0.637. The van der Waals surface area contributed by atoms with E-state index >= 15 is 0 Å². The average Bonchev–Trinajstić information content (AvgIpc) is 3.02. The lowest BCUT2D eigenvalue weighted by Crippen LogP contribution is -2.38. The summed E-state index contributed by atoms with van der Waals surface area (Å²) in [5.41, 5.74) is 1.95. The van der Waals surface area contributed by atoms with Crippen LogP contribution in [0.4, 0.5) is 0 Å². The van der Waals surface area contributed by atoms with Crippen LogP contribution >= 0.6 is 11.8 Å². The zero-order chi connectivity index (χ0) is 18.3. The number of thioether (sulfide) groups is 1. The quantitative estimate of drug-likeness (QED) is 0.716. The van der Waals surface area contributed by atoms with Crippen molar-refractivity contribution in [2.45, 2.75) is 23.8 Å². The molecule has 0 fully saturated rings. The van der Waals surface area contributed by atoms with Crippen LogP contribution in [0.2, 0.25) is 0 Å². The van der Waals surface area contributed by atoms with E-state index in [0.29, 0.717) is 11.6 Å². The molecule has 0 radical (unpaired) electrons. The van der Waals surface area contributed by atoms with Crippen LogP contribution in [-0.4, -0.2) is 50.7 Å². The number of amides is 1. The minimum absolute atomic E-state index is 0.0149. The van der Waals surface area contributed by atoms with Gasteiger partial charge < -0.3 is 4.90 Å². The molecule has 7 heteroatoms. The maximum Gasteiger partial charge on any atom is 0.241 e. The van der Waals surface area contributed by atoms with Crippen molar-refractivity contribution in [1.29, 1.82) is 0 Å². The highest BCUT2D eigenvalue weighted by Gasteiger charge is 2.31. The molecule has 4 rings (SSSR count). The highest BCUT2D eigenvalue weighted by Crippen LogP contribution is 2.30. The second kappa shape index (κ2) is 6.57. The highest BCUT2D eigenvalue weighted by molar-refractivity contribution is 8.01. The number of fused-ring (bicyclic) bond motifs is 2. The first kappa shape index (κ1) is 16.8. The lowest BCUT2D eigenvalue weighted by atomic mass is 10.0. The van der Waals surface area contributed by atoms with E-state index in [1.54, 1.807) is 23.7 Å². The number of carbonyl (C=O) groups excluding carboxylic acids is 1. The van der Waals surface area contributed by atoms with Crippen molar-refractivity contribution >= 4 is 34.2 Å². The van der Waals surface area contributed by atoms with Gasteiger partial charge in [-0.25, -0.2) is 0 Å². The minimum Gasteiger partial charge on any atom is -0.348 e. The van der Waals surface area contributed by atoms with Crippen molar-refractivity contribution in [3.05, 3.63) is 53.9 Å². The van der Waals surface area contributed by atoms with E-state index in [1.165, 1.54) is 28.1 Å². The van der Waals surface area contributed by atoms with Crippen molar-refractivity contribution in [3.63, 3.8) is 0 Å². The van der Waals surface area contributed by atoms with Gasteiger partial charge in [0.2, 0.25) is 11.1 Å². The second-order valence-electron chi connectivity index (χ2n) is 6.50. The van der Waals surface area contributed by atoms with Crippen LogP contribution in [0.25, 0.3) is 10.8 Å². The molecule has 0 saturated heterocycles. The molecule has 1 aliphatic rings. The topological polar surface area (TPSA) is 63.4 Å². The zero-order valence-electron chi connectivity index (χ0n) is 14.9. The smallest absolute Gasteiger partial charge is 0.241 e. The van der Waals surface area contributed by atoms with Crippen molar-refractivity contribution in [3.8, 4) is 0 Å². The van der Waals surface area contributed by atoms with Gasteiger partial charge >= 0.3 is 0 Å². The molecule has 2 heterocycles. The first-order valence-electron chi connectivity index (χ1n) is 8.39. The summed E-state index contributed by atoms with van der Waals surface area (Å²) in [7, 11) is 3.50. The van der Waals surface area contributed by atoms with Gasteiger partial charge in [0.05, 0.1) is 5.71 Å². The lowest BCUT2D eigenvalue weighted by Gasteiger charge is -2.22. The van der Waals surface area contributed by atoms with Crippen molar-refractivity contribution in [2.24, 2.45) is 5.10 Å². The van der Waals surface area contributed by atoms with Gasteiger partial charge in [-0.1, -0.05) is 54.2 Å². The Morgan fingerprint density at radius 1 is 1.15 bits per heavy atom. The Morgan fingerprint density at radius 2 is 1.92 bits per heavy atom. The molecule has 26 heavy (non-hydrogen) atoms. The SMILES string of the molecule is CC1=Nn2c(Cc3cccc4ccccc34)nnc2S[C@@H]1C(=O)N(C)C. The summed E-state index contributed by atoms with van der Waals surface area (Å²) in [4.78, 5) is 13.9. The van der Waals surface area contributed by atoms with Crippen LogP contribution in [0.15, 0.2) is 52.7 Å². The van der Waals surface area contributed by atoms with E-state index in [-0.39, 0.29) is 11.2 Å². The summed E-state index contributed by atoms with van der Waals surface area (Å²) in [6.45, 7) is 1.88. The van der Waals surface area contributed by atoms with Gasteiger partial charge in [-0.2, -0.15) is 9.78 Å². The van der Waals surface area contributed by atoms with Crippen molar-refractivity contribution < 1.29 is 4.79 Å². The fourth-order valence-corrected chi connectivity index (χ4v) is 4.14. The fourth-order valence-electron chi connectivity index (χ4n) is 3.06. The molecule has 1 amide bonds. The molecular formula is C19H19N5OS. The highest BCUT2D eigenvalue weighted by atomic mass is 32.2. The molecule has 0 saturated carbocycles. The first-order chi connectivity index (χ1) is 12.5. The Balaban J connectivity index is 1.68. The van der Waals surface area contributed by atoms with Crippen LogP contribution in [0.3, 0.4) is 0 Å². The maximum absolute atomic E-state index is 12.3. The van der Waals surface area contributed by atoms with Gasteiger partial charge in [0, 0.05) is 20.5 Å². The summed E-state index contributed by atoms with van der Waals surface area (Å²) in [5, 5.41) is 15.9. The molecule has 0 N–H and O–H groups in total. The van der Waals surface area contributed by atoms with Crippen LogP contribution in [0.5, 0.6) is 0 Å². The Bertz CT molecular complexity index is 1020. The number of hydrogen-bond donors (Lipinski definition) is 0. The third-order valence-electron chi connectivity index (χ3n) is 4.43. The standard InChI is InChI=1S/C19H19N5OS/c1-12-17(18(25)23(2)3)26-19-21-20-16(24(19)22-12)11-14-9-6-8-13-7-4-5-10-15(13)14/h4-10,17H,11H2,1-3H3/t17-/m0/s1. The van der Waals surface area contributed by atoms with E-state index in [2.05, 4.69) is 45.6 Å². The van der Waals surface area contributed by atoms with Crippen molar-refractivity contribution in [1.82, 2.24) is 19.8 Å².